The van der Waals surface area contributed by atoms with Crippen molar-refractivity contribution in [3.05, 3.63) is 0 Å². The van der Waals surface area contributed by atoms with Gasteiger partial charge in [0, 0.05) is 0 Å². The van der Waals surface area contributed by atoms with Crippen molar-refractivity contribution >= 4 is 75.9 Å². The highest BCUT2D eigenvalue weighted by atomic mass is 35.6. The van der Waals surface area contributed by atoms with Crippen LogP contribution in [0, 0.1) is 0 Å². The number of aldehydes is 1. The van der Waals surface area contributed by atoms with Gasteiger partial charge in [0.2, 0.25) is 7.59 Å². The van der Waals surface area contributed by atoms with E-state index in [1.165, 1.54) is 0 Å². The van der Waals surface area contributed by atoms with Gasteiger partial charge in [-0.05, 0) is 0 Å². The Kier molecular flexibility index (Phi) is 12.5. The number of alkyl halides is 6. The van der Waals surface area contributed by atoms with Crippen LogP contribution in [0.15, 0.2) is 0 Å². The molecule has 0 aliphatic heterocycles. The number of carbonyl (C=O) groups excluding carboxylic acids is 1. The van der Waals surface area contributed by atoms with E-state index in [0.717, 1.165) is 0 Å². The van der Waals surface area contributed by atoms with Crippen LogP contribution in [0.3, 0.4) is 0 Å². The van der Waals surface area contributed by atoms with Gasteiger partial charge in [-0.3, -0.25) is 4.79 Å². The fourth-order valence-electron chi connectivity index (χ4n) is 0. The topological polar surface area (TPSA) is 89.0 Å². The summed E-state index contributed by atoms with van der Waals surface area (Å²) in [6.07, 6.45) is -1.67. The van der Waals surface area contributed by atoms with Crippen LogP contribution in [-0.2, 0) is 4.79 Å². The van der Waals surface area contributed by atoms with Gasteiger partial charge >= 0.3 is 0 Å². The van der Waals surface area contributed by atoms with Crippen LogP contribution in [0.2, 0.25) is 0 Å². The van der Waals surface area contributed by atoms with Gasteiger partial charge in [-0.2, -0.15) is 0 Å². The van der Waals surface area contributed by atoms with Gasteiger partial charge in [-0.15, -0.1) is 0 Å². The number of aliphatic hydroxyl groups is 2. The Morgan fingerprint density at radius 2 is 1.14 bits per heavy atom. The van der Waals surface area contributed by atoms with Crippen molar-refractivity contribution in [1.29, 1.82) is 0 Å². The number of hydrogen-bond acceptors (Lipinski definition) is 3. The van der Waals surface area contributed by atoms with Crippen LogP contribution >= 0.6 is 69.6 Å². The first-order valence-corrected chi connectivity index (χ1v) is 4.73. The molecule has 0 aliphatic rings. The lowest BCUT2D eigenvalue weighted by Gasteiger charge is -2.10. The van der Waals surface area contributed by atoms with E-state index >= 15 is 0 Å². The summed E-state index contributed by atoms with van der Waals surface area (Å²) < 4.78 is -3.69. The summed E-state index contributed by atoms with van der Waals surface area (Å²) in [6.45, 7) is 0. The largest absolute Gasteiger partial charge is 0.412 e. The molecule has 0 rings (SSSR count). The van der Waals surface area contributed by atoms with Crippen molar-refractivity contribution in [2.24, 2.45) is 0 Å². The zero-order chi connectivity index (χ0) is 11.3. The minimum atomic E-state index is -1.97. The Balaban J connectivity index is -0.000000163. The van der Waals surface area contributed by atoms with Crippen LogP contribution in [0.1, 0.15) is 0 Å². The Hall–Kier alpha value is 1.29. The van der Waals surface area contributed by atoms with Crippen molar-refractivity contribution in [2.45, 2.75) is 13.9 Å². The predicted octanol–water partition coefficient (Wildman–Crippen LogP) is 1.40. The lowest BCUT2D eigenvalue weighted by molar-refractivity contribution is -0.107. The van der Waals surface area contributed by atoms with Crippen molar-refractivity contribution in [3.8, 4) is 0 Å². The summed E-state index contributed by atoms with van der Waals surface area (Å²) in [5, 5.41) is 16.1. The SMILES string of the molecule is O.O=CC(Cl)(Cl)Cl.OC(O)C(Cl)(Cl)Cl. The van der Waals surface area contributed by atoms with Gasteiger partial charge in [0.1, 0.15) is 0 Å². The fraction of sp³-hybridized carbons (Fsp3) is 0.750. The summed E-state index contributed by atoms with van der Waals surface area (Å²) in [6, 6.07) is 0. The number of rotatable bonds is 0. The number of hydrogen-bond donors (Lipinski definition) is 2. The van der Waals surface area contributed by atoms with Crippen LogP contribution in [-0.4, -0.2) is 35.9 Å². The monoisotopic (exact) mass is 328 g/mol. The maximum atomic E-state index is 9.43. The van der Waals surface area contributed by atoms with Gasteiger partial charge in [0.05, 0.1) is 0 Å². The highest BCUT2D eigenvalue weighted by Gasteiger charge is 2.28. The summed E-state index contributed by atoms with van der Waals surface area (Å²) in [4.78, 5) is 9.43. The highest BCUT2D eigenvalue weighted by Crippen LogP contribution is 2.28. The first kappa shape index (κ1) is 20.7. The van der Waals surface area contributed by atoms with Crippen molar-refractivity contribution in [1.82, 2.24) is 0 Å². The molecule has 88 valence electrons. The maximum absolute atomic E-state index is 9.43. The third kappa shape index (κ3) is 19.0. The average Bonchev–Trinajstić information content (AvgIpc) is 1.85. The molecule has 10 heteroatoms. The van der Waals surface area contributed by atoms with E-state index in [1.807, 2.05) is 0 Å². The molecule has 4 N–H and O–H groups in total. The molecule has 0 spiro atoms. The molecule has 4 nitrogen and oxygen atoms in total. The molecule has 0 aromatic rings. The minimum Gasteiger partial charge on any atom is -0.412 e. The highest BCUT2D eigenvalue weighted by molar-refractivity contribution is 6.74. The maximum Gasteiger partial charge on any atom is 0.245 e. The van der Waals surface area contributed by atoms with Gasteiger partial charge in [-0.25, -0.2) is 0 Å². The smallest absolute Gasteiger partial charge is 0.245 e. The second-order valence-corrected chi connectivity index (χ2v) is 6.31. The van der Waals surface area contributed by atoms with Crippen molar-refractivity contribution < 1.29 is 20.5 Å². The zero-order valence-corrected chi connectivity index (χ0v) is 10.8. The van der Waals surface area contributed by atoms with E-state index in [-0.39, 0.29) is 11.8 Å². The van der Waals surface area contributed by atoms with Gasteiger partial charge in [-0.1, -0.05) is 69.6 Å². The van der Waals surface area contributed by atoms with E-state index in [4.69, 9.17) is 79.8 Å². The molecule has 0 aromatic heterocycles. The second kappa shape index (κ2) is 8.44. The van der Waals surface area contributed by atoms with Crippen molar-refractivity contribution in [3.63, 3.8) is 0 Å². The lowest BCUT2D eigenvalue weighted by atomic mass is 10.8. The molecule has 0 bridgehead atoms. The molecule has 0 heterocycles. The molecule has 0 fully saturated rings. The molecule has 0 saturated heterocycles. The second-order valence-electron chi connectivity index (χ2n) is 1.57. The Morgan fingerprint density at radius 1 is 1.00 bits per heavy atom. The molecular formula is C4H6Cl6O4. The molecule has 0 aliphatic carbocycles. The van der Waals surface area contributed by atoms with Crippen LogP contribution in [0.4, 0.5) is 0 Å². The molecule has 0 atom stereocenters. The number of halogens is 6. The first-order chi connectivity index (χ1) is 5.50. The first-order valence-electron chi connectivity index (χ1n) is 2.46. The van der Waals surface area contributed by atoms with E-state index in [1.54, 1.807) is 0 Å². The Labute approximate surface area is 110 Å². The molecule has 0 unspecified atom stereocenters. The Morgan fingerprint density at radius 3 is 1.14 bits per heavy atom. The van der Waals surface area contributed by atoms with Crippen LogP contribution in [0.5, 0.6) is 0 Å². The van der Waals surface area contributed by atoms with E-state index in [0.29, 0.717) is 0 Å². The fourth-order valence-corrected chi connectivity index (χ4v) is 0. The standard InChI is InChI=1S/C2H3Cl3O2.C2HCl3O.H2O/c3-2(4,5)1(6)7;3-2(4,5)1-6;/h1,6-7H;1H;1H2. The van der Waals surface area contributed by atoms with Gasteiger partial charge in [0.15, 0.2) is 12.6 Å². The Bertz CT molecular complexity index is 149. The number of aliphatic hydroxyl groups excluding tert-OH is 1. The summed E-state index contributed by atoms with van der Waals surface area (Å²) in [7, 11) is 0. The van der Waals surface area contributed by atoms with E-state index in [2.05, 4.69) is 0 Å². The average molecular weight is 331 g/mol. The van der Waals surface area contributed by atoms with E-state index in [9.17, 15) is 4.79 Å². The molecule has 0 radical (unpaired) electrons. The summed E-state index contributed by atoms with van der Waals surface area (Å²) >= 11 is 29.3. The van der Waals surface area contributed by atoms with Crippen LogP contribution < -0.4 is 0 Å². The normalized spacial score (nSPS) is 11.2. The third-order valence-corrected chi connectivity index (χ3v) is 1.28. The zero-order valence-electron chi connectivity index (χ0n) is 6.23. The minimum absolute atomic E-state index is 0. The van der Waals surface area contributed by atoms with Crippen molar-refractivity contribution in [2.75, 3.05) is 0 Å². The quantitative estimate of drug-likeness (QED) is 0.399. The molecule has 0 saturated carbocycles. The molecule has 0 amide bonds. The summed E-state index contributed by atoms with van der Waals surface area (Å²) in [5.41, 5.74) is 0. The molecule has 14 heavy (non-hydrogen) atoms. The third-order valence-electron chi connectivity index (χ3n) is 0.426. The van der Waals surface area contributed by atoms with Crippen LogP contribution in [0.25, 0.3) is 0 Å². The molecular weight excluding hydrogens is 325 g/mol. The number of carbonyl (C=O) groups is 1. The van der Waals surface area contributed by atoms with Gasteiger partial charge < -0.3 is 15.7 Å². The summed E-state index contributed by atoms with van der Waals surface area (Å²) in [5.74, 6) is 0. The molecule has 0 aromatic carbocycles. The van der Waals surface area contributed by atoms with E-state index < -0.39 is 13.9 Å². The van der Waals surface area contributed by atoms with Gasteiger partial charge in [0.25, 0.3) is 0 Å². The lowest BCUT2D eigenvalue weighted by Crippen LogP contribution is -2.23. The predicted molar refractivity (Wildman–Crippen MR) is 58.5 cm³/mol.